The van der Waals surface area contributed by atoms with Crippen molar-refractivity contribution >= 4 is 5.69 Å². The second-order valence-corrected chi connectivity index (χ2v) is 3.19. The maximum atomic E-state index is 11.9. The van der Waals surface area contributed by atoms with Crippen LogP contribution < -0.4 is 10.1 Å². The number of anilines is 1. The molecule has 1 rings (SSSR count). The minimum Gasteiger partial charge on any atom is -0.435 e. The van der Waals surface area contributed by atoms with Gasteiger partial charge in [-0.15, -0.1) is 0 Å². The zero-order chi connectivity index (χ0) is 11.1. The van der Waals surface area contributed by atoms with Crippen LogP contribution in [0.15, 0.2) is 24.3 Å². The molecule has 0 aliphatic heterocycles. The number of rotatable bonds is 6. The first-order chi connectivity index (χ1) is 7.22. The van der Waals surface area contributed by atoms with E-state index in [0.29, 0.717) is 0 Å². The summed E-state index contributed by atoms with van der Waals surface area (Å²) in [5, 5.41) is 3.13. The van der Waals surface area contributed by atoms with Crippen molar-refractivity contribution < 1.29 is 13.5 Å². The van der Waals surface area contributed by atoms with Gasteiger partial charge in [0.1, 0.15) is 5.75 Å². The van der Waals surface area contributed by atoms with E-state index < -0.39 is 6.61 Å². The molecule has 1 aromatic rings. The molecule has 0 heterocycles. The third-order valence-electron chi connectivity index (χ3n) is 1.92. The number of unbranched alkanes of at least 4 members (excludes halogenated alkanes) is 1. The molecule has 0 saturated heterocycles. The lowest BCUT2D eigenvalue weighted by Gasteiger charge is -2.08. The summed E-state index contributed by atoms with van der Waals surface area (Å²) in [6.07, 6.45) is 2.15. The van der Waals surface area contributed by atoms with E-state index in [-0.39, 0.29) is 5.75 Å². The average molecular weight is 215 g/mol. The highest BCUT2D eigenvalue weighted by Gasteiger charge is 2.03. The van der Waals surface area contributed by atoms with Crippen LogP contribution in [0.3, 0.4) is 0 Å². The maximum absolute atomic E-state index is 11.9. The Morgan fingerprint density at radius 2 is 2.20 bits per heavy atom. The summed E-state index contributed by atoms with van der Waals surface area (Å²) < 4.78 is 28.1. The lowest BCUT2D eigenvalue weighted by molar-refractivity contribution is -0.0498. The van der Waals surface area contributed by atoms with E-state index in [1.165, 1.54) is 6.07 Å². The van der Waals surface area contributed by atoms with E-state index in [9.17, 15) is 8.78 Å². The van der Waals surface area contributed by atoms with Crippen molar-refractivity contribution in [2.45, 2.75) is 26.4 Å². The second-order valence-electron chi connectivity index (χ2n) is 3.19. The van der Waals surface area contributed by atoms with E-state index >= 15 is 0 Å². The topological polar surface area (TPSA) is 21.3 Å². The van der Waals surface area contributed by atoms with Crippen molar-refractivity contribution in [2.75, 3.05) is 11.9 Å². The van der Waals surface area contributed by atoms with Gasteiger partial charge in [-0.1, -0.05) is 19.4 Å². The molecular weight excluding hydrogens is 200 g/mol. The molecule has 0 aliphatic carbocycles. The van der Waals surface area contributed by atoms with Crippen LogP contribution in [0.1, 0.15) is 19.8 Å². The van der Waals surface area contributed by atoms with E-state index in [4.69, 9.17) is 0 Å². The van der Waals surface area contributed by atoms with E-state index in [1.807, 2.05) is 6.07 Å². The number of benzene rings is 1. The molecule has 84 valence electrons. The van der Waals surface area contributed by atoms with Crippen LogP contribution in [0.2, 0.25) is 0 Å². The third-order valence-corrected chi connectivity index (χ3v) is 1.92. The maximum Gasteiger partial charge on any atom is 0.387 e. The summed E-state index contributed by atoms with van der Waals surface area (Å²) in [5.74, 6) is 0.187. The van der Waals surface area contributed by atoms with Crippen LogP contribution in [0.25, 0.3) is 0 Å². The minimum absolute atomic E-state index is 0.187. The molecule has 0 aliphatic rings. The molecule has 0 radical (unpaired) electrons. The molecule has 1 aromatic carbocycles. The first-order valence-corrected chi connectivity index (χ1v) is 5.01. The Bertz CT molecular complexity index is 292. The van der Waals surface area contributed by atoms with Gasteiger partial charge in [0.05, 0.1) is 0 Å². The SMILES string of the molecule is CCCCNc1cccc(OC(F)F)c1. The van der Waals surface area contributed by atoms with Gasteiger partial charge < -0.3 is 10.1 Å². The fourth-order valence-corrected chi connectivity index (χ4v) is 1.19. The molecule has 0 saturated carbocycles. The van der Waals surface area contributed by atoms with Crippen LogP contribution in [-0.4, -0.2) is 13.2 Å². The van der Waals surface area contributed by atoms with Crippen LogP contribution >= 0.6 is 0 Å². The van der Waals surface area contributed by atoms with Gasteiger partial charge in [-0.05, 0) is 18.6 Å². The summed E-state index contributed by atoms with van der Waals surface area (Å²) in [6.45, 7) is 0.169. The van der Waals surface area contributed by atoms with Gasteiger partial charge in [-0.3, -0.25) is 0 Å². The predicted molar refractivity (Wildman–Crippen MR) is 56.5 cm³/mol. The number of ether oxygens (including phenoxy) is 1. The van der Waals surface area contributed by atoms with Crippen LogP contribution in [0, 0.1) is 0 Å². The van der Waals surface area contributed by atoms with Gasteiger partial charge >= 0.3 is 6.61 Å². The zero-order valence-electron chi connectivity index (χ0n) is 8.67. The first kappa shape index (κ1) is 11.8. The molecule has 15 heavy (non-hydrogen) atoms. The summed E-state index contributed by atoms with van der Waals surface area (Å²) in [7, 11) is 0. The first-order valence-electron chi connectivity index (χ1n) is 5.01. The lowest BCUT2D eigenvalue weighted by Crippen LogP contribution is -2.04. The monoisotopic (exact) mass is 215 g/mol. The average Bonchev–Trinajstić information content (AvgIpc) is 2.18. The number of nitrogens with one attached hydrogen (secondary N) is 1. The molecule has 0 fully saturated rings. The number of hydrogen-bond donors (Lipinski definition) is 1. The Balaban J connectivity index is 2.50. The zero-order valence-corrected chi connectivity index (χ0v) is 8.67. The largest absolute Gasteiger partial charge is 0.435 e. The highest BCUT2D eigenvalue weighted by molar-refractivity contribution is 5.48. The molecule has 0 aromatic heterocycles. The summed E-state index contributed by atoms with van der Waals surface area (Å²) in [5.41, 5.74) is 0.807. The molecule has 2 nitrogen and oxygen atoms in total. The number of alkyl halides is 2. The summed E-state index contributed by atoms with van der Waals surface area (Å²) in [4.78, 5) is 0. The van der Waals surface area contributed by atoms with Crippen molar-refractivity contribution in [3.63, 3.8) is 0 Å². The molecule has 1 N–H and O–H groups in total. The van der Waals surface area contributed by atoms with E-state index in [2.05, 4.69) is 17.0 Å². The highest BCUT2D eigenvalue weighted by Crippen LogP contribution is 2.19. The number of hydrogen-bond acceptors (Lipinski definition) is 2. The van der Waals surface area contributed by atoms with Crippen molar-refractivity contribution in [2.24, 2.45) is 0 Å². The normalized spacial score (nSPS) is 10.4. The fraction of sp³-hybridized carbons (Fsp3) is 0.455. The Hall–Kier alpha value is -1.32. The highest BCUT2D eigenvalue weighted by atomic mass is 19.3. The summed E-state index contributed by atoms with van der Waals surface area (Å²) >= 11 is 0. The van der Waals surface area contributed by atoms with Crippen LogP contribution in [0.4, 0.5) is 14.5 Å². The second kappa shape index (κ2) is 6.22. The van der Waals surface area contributed by atoms with Gasteiger partial charge in [0.2, 0.25) is 0 Å². The fourth-order valence-electron chi connectivity index (χ4n) is 1.19. The van der Waals surface area contributed by atoms with Gasteiger partial charge in [-0.25, -0.2) is 0 Å². The third kappa shape index (κ3) is 4.63. The van der Waals surface area contributed by atoms with E-state index in [0.717, 1.165) is 25.1 Å². The predicted octanol–water partition coefficient (Wildman–Crippen LogP) is 3.50. The molecule has 0 amide bonds. The quantitative estimate of drug-likeness (QED) is 0.733. The van der Waals surface area contributed by atoms with Gasteiger partial charge in [0.25, 0.3) is 0 Å². The Morgan fingerprint density at radius 3 is 2.87 bits per heavy atom. The number of halogens is 2. The minimum atomic E-state index is -2.77. The van der Waals surface area contributed by atoms with Crippen LogP contribution in [-0.2, 0) is 0 Å². The summed E-state index contributed by atoms with van der Waals surface area (Å²) in [6, 6.07) is 6.60. The smallest absolute Gasteiger partial charge is 0.387 e. The molecule has 4 heteroatoms. The Kier molecular flexibility index (Phi) is 4.87. The standard InChI is InChI=1S/C11H15F2NO/c1-2-3-7-14-9-5-4-6-10(8-9)15-11(12)13/h4-6,8,11,14H,2-3,7H2,1H3. The van der Waals surface area contributed by atoms with Gasteiger partial charge in [0, 0.05) is 18.3 Å². The molecule has 0 unspecified atom stereocenters. The van der Waals surface area contributed by atoms with Crippen molar-refractivity contribution in [1.82, 2.24) is 0 Å². The van der Waals surface area contributed by atoms with Gasteiger partial charge in [-0.2, -0.15) is 8.78 Å². The van der Waals surface area contributed by atoms with Crippen LogP contribution in [0.5, 0.6) is 5.75 Å². The Morgan fingerprint density at radius 1 is 1.40 bits per heavy atom. The molecule has 0 bridgehead atoms. The molecule has 0 atom stereocenters. The molecule has 0 spiro atoms. The van der Waals surface area contributed by atoms with Crippen molar-refractivity contribution in [3.05, 3.63) is 24.3 Å². The van der Waals surface area contributed by atoms with Crippen molar-refractivity contribution in [3.8, 4) is 5.75 Å². The Labute approximate surface area is 88.3 Å². The lowest BCUT2D eigenvalue weighted by atomic mass is 10.3. The molecular formula is C11H15F2NO. The van der Waals surface area contributed by atoms with E-state index in [1.54, 1.807) is 12.1 Å². The van der Waals surface area contributed by atoms with Crippen molar-refractivity contribution in [1.29, 1.82) is 0 Å². The van der Waals surface area contributed by atoms with Gasteiger partial charge in [0.15, 0.2) is 0 Å².